The SMILES string of the molecule is FC(F)(F)c1ccc(-n2c3ccccc3c3cc(-n4c5ccccc5c5ccccc54)ccc32)c(-c2cc(-c3nc(-c4ccccc4)nc(-c4ccccc4)n3)ccc2-n2c3ccccc3c3cc(-n4c5ccccc5c5ccccc54)ccc32)c1. The van der Waals surface area contributed by atoms with E-state index in [0.29, 0.717) is 45.5 Å². The summed E-state index contributed by atoms with van der Waals surface area (Å²) in [7, 11) is 0. The Morgan fingerprint density at radius 1 is 0.244 bits per heavy atom. The molecule has 0 fully saturated rings. The molecular weight excluding hydrogens is 1070 g/mol. The van der Waals surface area contributed by atoms with Gasteiger partial charge in [0.15, 0.2) is 17.5 Å². The lowest BCUT2D eigenvalue weighted by atomic mass is 9.96. The summed E-state index contributed by atoms with van der Waals surface area (Å²) < 4.78 is 56.1. The zero-order valence-electron chi connectivity index (χ0n) is 45.8. The Kier molecular flexibility index (Phi) is 10.9. The van der Waals surface area contributed by atoms with Crippen molar-refractivity contribution in [2.45, 2.75) is 6.18 Å². The molecule has 0 aliphatic heterocycles. The summed E-state index contributed by atoms with van der Waals surface area (Å²) in [6.45, 7) is 0. The smallest absolute Gasteiger partial charge is 0.309 e. The molecule has 5 heterocycles. The van der Waals surface area contributed by atoms with Gasteiger partial charge < -0.3 is 18.3 Å². The molecule has 0 saturated heterocycles. The number of rotatable bonds is 8. The molecule has 0 unspecified atom stereocenters. The average Bonchev–Trinajstić information content (AvgIpc) is 1.70. The minimum atomic E-state index is -4.69. The zero-order valence-corrected chi connectivity index (χ0v) is 45.8. The summed E-state index contributed by atoms with van der Waals surface area (Å²) in [5.41, 5.74) is 13.2. The van der Waals surface area contributed by atoms with E-state index in [1.165, 1.54) is 12.1 Å². The first-order valence-corrected chi connectivity index (χ1v) is 28.6. The minimum Gasteiger partial charge on any atom is -0.309 e. The van der Waals surface area contributed by atoms with Gasteiger partial charge in [-0.2, -0.15) is 13.2 Å². The molecule has 86 heavy (non-hydrogen) atoms. The molecule has 406 valence electrons. The Bertz CT molecular complexity index is 5430. The number of para-hydroxylation sites is 6. The maximum absolute atomic E-state index is 15.7. The van der Waals surface area contributed by atoms with Crippen LogP contribution in [0.15, 0.2) is 279 Å². The summed E-state index contributed by atoms with van der Waals surface area (Å²) in [6.07, 6.45) is -4.69. The third kappa shape index (κ3) is 7.66. The van der Waals surface area contributed by atoms with Gasteiger partial charge in [-0.3, -0.25) is 0 Å². The van der Waals surface area contributed by atoms with E-state index in [9.17, 15) is 0 Å². The molecule has 0 aliphatic carbocycles. The zero-order chi connectivity index (χ0) is 57.2. The van der Waals surface area contributed by atoms with Gasteiger partial charge in [0, 0.05) is 82.3 Å². The second-order valence-corrected chi connectivity index (χ2v) is 21.8. The van der Waals surface area contributed by atoms with E-state index >= 15 is 13.2 Å². The largest absolute Gasteiger partial charge is 0.416 e. The van der Waals surface area contributed by atoms with Crippen molar-refractivity contribution in [3.63, 3.8) is 0 Å². The minimum absolute atomic E-state index is 0.360. The molecule has 10 heteroatoms. The number of aromatic nitrogens is 7. The van der Waals surface area contributed by atoms with Crippen LogP contribution in [0, 0.1) is 0 Å². The van der Waals surface area contributed by atoms with Crippen LogP contribution in [-0.2, 0) is 6.18 Å². The lowest BCUT2D eigenvalue weighted by Crippen LogP contribution is -2.08. The molecule has 17 rings (SSSR count). The van der Waals surface area contributed by atoms with Gasteiger partial charge in [-0.25, -0.2) is 15.0 Å². The van der Waals surface area contributed by atoms with Crippen molar-refractivity contribution < 1.29 is 13.2 Å². The highest BCUT2D eigenvalue weighted by molar-refractivity contribution is 6.15. The fraction of sp³-hybridized carbons (Fsp3) is 0.0132. The van der Waals surface area contributed by atoms with Crippen LogP contribution in [-0.4, -0.2) is 33.2 Å². The van der Waals surface area contributed by atoms with E-state index in [1.54, 1.807) is 6.07 Å². The van der Waals surface area contributed by atoms with Crippen LogP contribution in [0.4, 0.5) is 13.2 Å². The monoisotopic (exact) mass is 1110 g/mol. The van der Waals surface area contributed by atoms with Gasteiger partial charge in [0.05, 0.1) is 61.1 Å². The number of hydrogen-bond donors (Lipinski definition) is 0. The Hall–Kier alpha value is -11.4. The normalized spacial score (nSPS) is 12.1. The topological polar surface area (TPSA) is 58.4 Å². The molecule has 5 aromatic heterocycles. The molecule has 0 N–H and O–H groups in total. The summed E-state index contributed by atoms with van der Waals surface area (Å²) in [5, 5.41) is 8.49. The first-order valence-electron chi connectivity index (χ1n) is 28.6. The number of hydrogen-bond acceptors (Lipinski definition) is 3. The first kappa shape index (κ1) is 49.3. The molecule has 0 spiro atoms. The van der Waals surface area contributed by atoms with Gasteiger partial charge in [-0.15, -0.1) is 0 Å². The number of fused-ring (bicyclic) bond motifs is 12. The highest BCUT2D eigenvalue weighted by Crippen LogP contribution is 2.46. The van der Waals surface area contributed by atoms with Crippen LogP contribution in [0.2, 0.25) is 0 Å². The van der Waals surface area contributed by atoms with Gasteiger partial charge in [-0.05, 0) is 109 Å². The summed E-state index contributed by atoms with van der Waals surface area (Å²) in [5.74, 6) is 1.30. The molecule has 7 nitrogen and oxygen atoms in total. The molecule has 0 bridgehead atoms. The Balaban J connectivity index is 0.950. The highest BCUT2D eigenvalue weighted by atomic mass is 19.4. The van der Waals surface area contributed by atoms with E-state index in [2.05, 4.69) is 176 Å². The van der Waals surface area contributed by atoms with E-state index < -0.39 is 11.7 Å². The summed E-state index contributed by atoms with van der Waals surface area (Å²) in [4.78, 5) is 15.3. The average molecular weight is 1110 g/mol. The van der Waals surface area contributed by atoms with Gasteiger partial charge >= 0.3 is 6.18 Å². The molecule has 0 atom stereocenters. The maximum atomic E-state index is 15.7. The molecule has 0 saturated carbocycles. The fourth-order valence-corrected chi connectivity index (χ4v) is 13.3. The van der Waals surface area contributed by atoms with Gasteiger partial charge in [0.2, 0.25) is 0 Å². The van der Waals surface area contributed by atoms with Gasteiger partial charge in [-0.1, -0.05) is 170 Å². The Morgan fingerprint density at radius 2 is 0.558 bits per heavy atom. The molecular formula is C76H46F3N7. The second-order valence-electron chi connectivity index (χ2n) is 21.8. The molecule has 0 aliphatic rings. The summed E-state index contributed by atoms with van der Waals surface area (Å²) >= 11 is 0. The van der Waals surface area contributed by atoms with Gasteiger partial charge in [0.25, 0.3) is 0 Å². The second kappa shape index (κ2) is 19.1. The Morgan fingerprint density at radius 3 is 0.953 bits per heavy atom. The van der Waals surface area contributed by atoms with Crippen molar-refractivity contribution in [3.8, 4) is 68.0 Å². The Labute approximate surface area is 490 Å². The maximum Gasteiger partial charge on any atom is 0.416 e. The van der Waals surface area contributed by atoms with E-state index in [1.807, 2.05) is 103 Å². The summed E-state index contributed by atoms with van der Waals surface area (Å²) in [6, 6.07) is 92.8. The van der Waals surface area contributed by atoms with Crippen molar-refractivity contribution in [1.29, 1.82) is 0 Å². The van der Waals surface area contributed by atoms with Crippen LogP contribution in [0.3, 0.4) is 0 Å². The third-order valence-electron chi connectivity index (χ3n) is 17.0. The van der Waals surface area contributed by atoms with Crippen LogP contribution in [0.25, 0.3) is 155 Å². The first-order chi connectivity index (χ1) is 42.3. The quantitative estimate of drug-likeness (QED) is 0.152. The van der Waals surface area contributed by atoms with E-state index in [-0.39, 0.29) is 0 Å². The molecule has 0 amide bonds. The third-order valence-corrected chi connectivity index (χ3v) is 17.0. The number of alkyl halides is 3. The number of nitrogens with zero attached hydrogens (tertiary/aromatic N) is 7. The number of halogens is 3. The lowest BCUT2D eigenvalue weighted by Gasteiger charge is -2.21. The highest BCUT2D eigenvalue weighted by Gasteiger charge is 2.33. The van der Waals surface area contributed by atoms with Crippen LogP contribution >= 0.6 is 0 Å². The molecule has 0 radical (unpaired) electrons. The fourth-order valence-electron chi connectivity index (χ4n) is 13.3. The van der Waals surface area contributed by atoms with Crippen molar-refractivity contribution in [2.75, 3.05) is 0 Å². The predicted molar refractivity (Wildman–Crippen MR) is 344 cm³/mol. The molecule has 12 aromatic carbocycles. The van der Waals surface area contributed by atoms with Crippen molar-refractivity contribution >= 4 is 87.2 Å². The number of benzene rings is 12. The van der Waals surface area contributed by atoms with Crippen LogP contribution in [0.1, 0.15) is 5.56 Å². The lowest BCUT2D eigenvalue weighted by molar-refractivity contribution is -0.137. The standard InChI is InChI=1S/C76H46F3N7/c77-76(78,79)50-36-40-70(86-68-34-18-12-28-58(68)62-46-52(38-42-72(62)86)84-65-31-15-9-25-55(65)56-26-10-16-32-66(56)84)60(44-50)59-43-49(75-81-73(47-19-3-1-4-20-47)80-74(82-75)48-21-5-2-6-22-48)35-39-69(59)85-67-33-17-11-27-57(67)61-45-51(37-41-71(61)85)83-63-29-13-7-23-53(63)54-24-8-14-30-64(54)83/h1-46H. The predicted octanol–water partition coefficient (Wildman–Crippen LogP) is 19.9. The van der Waals surface area contributed by atoms with E-state index in [0.717, 1.165) is 110 Å². The van der Waals surface area contributed by atoms with Crippen LogP contribution < -0.4 is 0 Å². The van der Waals surface area contributed by atoms with Crippen molar-refractivity contribution in [1.82, 2.24) is 33.2 Å². The molecule has 17 aromatic rings. The van der Waals surface area contributed by atoms with Crippen LogP contribution in [0.5, 0.6) is 0 Å². The van der Waals surface area contributed by atoms with Crippen molar-refractivity contribution in [3.05, 3.63) is 285 Å². The van der Waals surface area contributed by atoms with E-state index in [4.69, 9.17) is 15.0 Å². The van der Waals surface area contributed by atoms with Crippen molar-refractivity contribution in [2.24, 2.45) is 0 Å². The van der Waals surface area contributed by atoms with Gasteiger partial charge in [0.1, 0.15) is 0 Å².